The van der Waals surface area contributed by atoms with Crippen LogP contribution in [0.15, 0.2) is 17.1 Å². The summed E-state index contributed by atoms with van der Waals surface area (Å²) in [6.45, 7) is 0. The van der Waals surface area contributed by atoms with E-state index in [1.165, 1.54) is 6.20 Å². The van der Waals surface area contributed by atoms with Crippen molar-refractivity contribution in [2.24, 2.45) is 0 Å². The number of rotatable bonds is 2. The van der Waals surface area contributed by atoms with E-state index in [0.717, 1.165) is 6.07 Å². The zero-order chi connectivity index (χ0) is 9.14. The van der Waals surface area contributed by atoms with Gasteiger partial charge in [-0.1, -0.05) is 0 Å². The highest BCUT2D eigenvalue weighted by atomic mass is 16.4. The van der Waals surface area contributed by atoms with Crippen molar-refractivity contribution in [3.05, 3.63) is 33.7 Å². The molecule has 2 N–H and O–H groups in total. The van der Waals surface area contributed by atoms with Gasteiger partial charge in [0.25, 0.3) is 5.56 Å². The molecule has 5 heteroatoms. The van der Waals surface area contributed by atoms with E-state index in [9.17, 15) is 14.4 Å². The van der Waals surface area contributed by atoms with Crippen LogP contribution < -0.4 is 5.56 Å². The van der Waals surface area contributed by atoms with Crippen molar-refractivity contribution in [3.8, 4) is 0 Å². The summed E-state index contributed by atoms with van der Waals surface area (Å²) in [6, 6.07) is 1.16. The number of aromatic amines is 1. The van der Waals surface area contributed by atoms with E-state index in [1.54, 1.807) is 0 Å². The number of hydrogen-bond acceptors (Lipinski definition) is 3. The Hall–Kier alpha value is -1.91. The van der Waals surface area contributed by atoms with Crippen molar-refractivity contribution in [2.45, 2.75) is 0 Å². The van der Waals surface area contributed by atoms with Crippen LogP contribution in [0, 0.1) is 0 Å². The Morgan fingerprint density at radius 3 is 2.67 bits per heavy atom. The second-order valence-corrected chi connectivity index (χ2v) is 2.06. The Balaban J connectivity index is 3.48. The summed E-state index contributed by atoms with van der Waals surface area (Å²) in [7, 11) is 0. The number of hydrogen-bond donors (Lipinski definition) is 2. The van der Waals surface area contributed by atoms with Crippen LogP contribution in [-0.4, -0.2) is 22.3 Å². The largest absolute Gasteiger partial charge is 0.478 e. The zero-order valence-corrected chi connectivity index (χ0v) is 5.90. The molecule has 0 fully saturated rings. The maximum absolute atomic E-state index is 10.8. The number of carboxylic acid groups (broad SMARTS) is 1. The van der Waals surface area contributed by atoms with Gasteiger partial charge in [-0.15, -0.1) is 0 Å². The number of carbonyl (C=O) groups is 2. The first-order valence-electron chi connectivity index (χ1n) is 3.07. The monoisotopic (exact) mass is 167 g/mol. The number of nitrogens with one attached hydrogen (secondary N) is 1. The van der Waals surface area contributed by atoms with Crippen LogP contribution in [0.4, 0.5) is 0 Å². The molecule has 12 heavy (non-hydrogen) atoms. The molecule has 5 nitrogen and oxygen atoms in total. The van der Waals surface area contributed by atoms with E-state index in [-0.39, 0.29) is 17.4 Å². The van der Waals surface area contributed by atoms with Crippen molar-refractivity contribution < 1.29 is 14.7 Å². The second kappa shape index (κ2) is 3.00. The van der Waals surface area contributed by atoms with E-state index in [1.807, 2.05) is 0 Å². The average molecular weight is 167 g/mol. The number of H-pyrrole nitrogens is 1. The van der Waals surface area contributed by atoms with Crippen LogP contribution in [0.2, 0.25) is 0 Å². The second-order valence-electron chi connectivity index (χ2n) is 2.06. The molecule has 0 saturated carbocycles. The lowest BCUT2D eigenvalue weighted by Gasteiger charge is -1.94. The molecule has 0 aliphatic carbocycles. The molecule has 0 aromatic carbocycles. The molecular formula is C7H5NO4. The fourth-order valence-electron chi connectivity index (χ4n) is 0.794. The molecule has 0 saturated heterocycles. The third-order valence-electron chi connectivity index (χ3n) is 1.35. The molecule has 0 bridgehead atoms. The van der Waals surface area contributed by atoms with Crippen LogP contribution >= 0.6 is 0 Å². The maximum Gasteiger partial charge on any atom is 0.336 e. The van der Waals surface area contributed by atoms with Gasteiger partial charge < -0.3 is 10.1 Å². The molecule has 1 aromatic rings. The number of pyridine rings is 1. The Labute approximate surface area is 66.7 Å². The Morgan fingerprint density at radius 1 is 1.58 bits per heavy atom. The van der Waals surface area contributed by atoms with Crippen molar-refractivity contribution in [3.63, 3.8) is 0 Å². The van der Waals surface area contributed by atoms with E-state index < -0.39 is 11.5 Å². The standard InChI is InChI=1S/C7H5NO4/c9-3-5-4(7(11)12)1-2-8-6(5)10/h1-3H,(H,8,10)(H,11,12). The number of carbonyl (C=O) groups excluding carboxylic acids is 1. The normalized spacial score (nSPS) is 9.33. The van der Waals surface area contributed by atoms with E-state index >= 15 is 0 Å². The van der Waals surface area contributed by atoms with Gasteiger partial charge in [-0.3, -0.25) is 9.59 Å². The van der Waals surface area contributed by atoms with Gasteiger partial charge in [-0.25, -0.2) is 4.79 Å². The summed E-state index contributed by atoms with van der Waals surface area (Å²) in [5.41, 5.74) is -1.33. The number of aromatic nitrogens is 1. The van der Waals surface area contributed by atoms with E-state index in [4.69, 9.17) is 5.11 Å². The molecular weight excluding hydrogens is 162 g/mol. The number of aromatic carboxylic acids is 1. The predicted molar refractivity (Wildman–Crippen MR) is 39.4 cm³/mol. The topological polar surface area (TPSA) is 87.2 Å². The number of carboxylic acids is 1. The van der Waals surface area contributed by atoms with Crippen molar-refractivity contribution >= 4 is 12.3 Å². The van der Waals surface area contributed by atoms with E-state index in [2.05, 4.69) is 4.98 Å². The third kappa shape index (κ3) is 1.24. The Kier molecular flexibility index (Phi) is 2.05. The summed E-state index contributed by atoms with van der Waals surface area (Å²) in [5.74, 6) is -1.29. The van der Waals surface area contributed by atoms with Gasteiger partial charge >= 0.3 is 5.97 Å². The fraction of sp³-hybridized carbons (Fsp3) is 0. The van der Waals surface area contributed by atoms with Crippen LogP contribution in [0.3, 0.4) is 0 Å². The highest BCUT2D eigenvalue weighted by Crippen LogP contribution is 1.98. The zero-order valence-electron chi connectivity index (χ0n) is 5.90. The number of aldehydes is 1. The Bertz CT molecular complexity index is 379. The van der Waals surface area contributed by atoms with Crippen molar-refractivity contribution in [2.75, 3.05) is 0 Å². The summed E-state index contributed by atoms with van der Waals surface area (Å²) in [4.78, 5) is 33.7. The minimum Gasteiger partial charge on any atom is -0.478 e. The first-order valence-corrected chi connectivity index (χ1v) is 3.07. The van der Waals surface area contributed by atoms with Crippen molar-refractivity contribution in [1.82, 2.24) is 4.98 Å². The van der Waals surface area contributed by atoms with Gasteiger partial charge in [-0.2, -0.15) is 0 Å². The SMILES string of the molecule is O=Cc1c(C(=O)O)cc[nH]c1=O. The molecule has 1 aromatic heterocycles. The van der Waals surface area contributed by atoms with Crippen LogP contribution in [0.5, 0.6) is 0 Å². The first kappa shape index (κ1) is 8.19. The van der Waals surface area contributed by atoms with Gasteiger partial charge in [-0.05, 0) is 6.07 Å². The molecule has 1 rings (SSSR count). The van der Waals surface area contributed by atoms with Gasteiger partial charge in [0, 0.05) is 6.20 Å². The molecule has 0 aliphatic rings. The van der Waals surface area contributed by atoms with Crippen LogP contribution in [-0.2, 0) is 0 Å². The molecule has 0 amide bonds. The summed E-state index contributed by atoms with van der Waals surface area (Å²) in [5, 5.41) is 8.51. The molecule has 0 spiro atoms. The Morgan fingerprint density at radius 2 is 2.25 bits per heavy atom. The predicted octanol–water partition coefficient (Wildman–Crippen LogP) is -0.114. The quantitative estimate of drug-likeness (QED) is 0.601. The van der Waals surface area contributed by atoms with Gasteiger partial charge in [0.05, 0.1) is 11.1 Å². The smallest absolute Gasteiger partial charge is 0.336 e. The summed E-state index contributed by atoms with van der Waals surface area (Å²) in [6.07, 6.45) is 1.40. The van der Waals surface area contributed by atoms with Crippen LogP contribution in [0.1, 0.15) is 20.7 Å². The third-order valence-corrected chi connectivity index (χ3v) is 1.35. The highest BCUT2D eigenvalue weighted by Gasteiger charge is 2.11. The van der Waals surface area contributed by atoms with Crippen molar-refractivity contribution in [1.29, 1.82) is 0 Å². The highest BCUT2D eigenvalue weighted by molar-refractivity contribution is 5.96. The molecule has 1 heterocycles. The molecule has 0 atom stereocenters. The summed E-state index contributed by atoms with van der Waals surface area (Å²) >= 11 is 0. The lowest BCUT2D eigenvalue weighted by atomic mass is 10.1. The lowest BCUT2D eigenvalue weighted by Crippen LogP contribution is -2.16. The molecule has 0 unspecified atom stereocenters. The average Bonchev–Trinajstić information content (AvgIpc) is 2.03. The molecule has 62 valence electrons. The van der Waals surface area contributed by atoms with Gasteiger partial charge in [0.15, 0.2) is 6.29 Å². The van der Waals surface area contributed by atoms with Crippen LogP contribution in [0.25, 0.3) is 0 Å². The molecule has 0 aliphatic heterocycles. The minimum atomic E-state index is -1.29. The van der Waals surface area contributed by atoms with E-state index in [0.29, 0.717) is 0 Å². The molecule has 0 radical (unpaired) electrons. The first-order chi connectivity index (χ1) is 5.66. The fourth-order valence-corrected chi connectivity index (χ4v) is 0.794. The lowest BCUT2D eigenvalue weighted by molar-refractivity contribution is 0.0693. The van der Waals surface area contributed by atoms with Gasteiger partial charge in [0.1, 0.15) is 0 Å². The van der Waals surface area contributed by atoms with Gasteiger partial charge in [0.2, 0.25) is 0 Å². The minimum absolute atomic E-state index is 0.224. The maximum atomic E-state index is 10.8. The summed E-state index contributed by atoms with van der Waals surface area (Å²) < 4.78 is 0.